The van der Waals surface area contributed by atoms with Crippen LogP contribution < -0.4 is 10.5 Å². The molecule has 4 heteroatoms. The van der Waals surface area contributed by atoms with Crippen LogP contribution >= 0.6 is 11.8 Å². The van der Waals surface area contributed by atoms with E-state index in [0.29, 0.717) is 18.0 Å². The average Bonchev–Trinajstić information content (AvgIpc) is 2.26. The number of aliphatic hydroxyl groups is 1. The van der Waals surface area contributed by atoms with E-state index in [0.717, 1.165) is 17.1 Å². The van der Waals surface area contributed by atoms with E-state index in [-0.39, 0.29) is 6.61 Å². The third kappa shape index (κ3) is 4.01. The number of anilines is 1. The van der Waals surface area contributed by atoms with Gasteiger partial charge >= 0.3 is 0 Å². The predicted molar refractivity (Wildman–Crippen MR) is 64.5 cm³/mol. The van der Waals surface area contributed by atoms with Crippen LogP contribution in [-0.2, 0) is 0 Å². The van der Waals surface area contributed by atoms with E-state index >= 15 is 0 Å². The van der Waals surface area contributed by atoms with Crippen molar-refractivity contribution >= 4 is 17.4 Å². The van der Waals surface area contributed by atoms with E-state index < -0.39 is 0 Å². The van der Waals surface area contributed by atoms with Crippen LogP contribution in [0.1, 0.15) is 13.3 Å². The van der Waals surface area contributed by atoms with Crippen molar-refractivity contribution in [2.45, 2.75) is 18.2 Å². The summed E-state index contributed by atoms with van der Waals surface area (Å²) >= 11 is 1.59. The van der Waals surface area contributed by atoms with Crippen molar-refractivity contribution in [3.05, 3.63) is 18.2 Å². The molecular weight excluding hydrogens is 210 g/mol. The standard InChI is InChI=1S/C11H17NO2S/c1-2-6-14-11-8-9(15-7-5-13)3-4-10(11)12/h3-4,8,13H,2,5-7,12H2,1H3. The fourth-order valence-corrected chi connectivity index (χ4v) is 1.79. The highest BCUT2D eigenvalue weighted by molar-refractivity contribution is 7.99. The molecule has 0 fully saturated rings. The lowest BCUT2D eigenvalue weighted by molar-refractivity contribution is 0.318. The average molecular weight is 227 g/mol. The quantitative estimate of drug-likeness (QED) is 0.577. The number of benzene rings is 1. The molecule has 0 aliphatic carbocycles. The van der Waals surface area contributed by atoms with Crippen LogP contribution in [0.5, 0.6) is 5.75 Å². The third-order valence-electron chi connectivity index (χ3n) is 1.81. The van der Waals surface area contributed by atoms with E-state index in [2.05, 4.69) is 6.92 Å². The van der Waals surface area contributed by atoms with E-state index in [4.69, 9.17) is 15.6 Å². The van der Waals surface area contributed by atoms with Gasteiger partial charge < -0.3 is 15.6 Å². The smallest absolute Gasteiger partial charge is 0.143 e. The van der Waals surface area contributed by atoms with Gasteiger partial charge in [-0.15, -0.1) is 11.8 Å². The number of hydrogen-bond acceptors (Lipinski definition) is 4. The SMILES string of the molecule is CCCOc1cc(SCCO)ccc1N. The number of hydrogen-bond donors (Lipinski definition) is 2. The molecule has 0 aliphatic rings. The van der Waals surface area contributed by atoms with Crippen LogP contribution in [0.4, 0.5) is 5.69 Å². The van der Waals surface area contributed by atoms with Crippen molar-refractivity contribution < 1.29 is 9.84 Å². The highest BCUT2D eigenvalue weighted by atomic mass is 32.2. The molecular formula is C11H17NO2S. The summed E-state index contributed by atoms with van der Waals surface area (Å²) in [5.41, 5.74) is 6.44. The zero-order valence-electron chi connectivity index (χ0n) is 8.90. The Labute approximate surface area is 94.6 Å². The summed E-state index contributed by atoms with van der Waals surface area (Å²) in [6.07, 6.45) is 0.966. The maximum atomic E-state index is 8.72. The van der Waals surface area contributed by atoms with Crippen molar-refractivity contribution in [2.24, 2.45) is 0 Å². The fraction of sp³-hybridized carbons (Fsp3) is 0.455. The maximum Gasteiger partial charge on any atom is 0.143 e. The van der Waals surface area contributed by atoms with Crippen molar-refractivity contribution in [3.63, 3.8) is 0 Å². The second-order valence-corrected chi connectivity index (χ2v) is 4.29. The molecule has 0 saturated carbocycles. The van der Waals surface area contributed by atoms with E-state index in [1.54, 1.807) is 11.8 Å². The minimum absolute atomic E-state index is 0.181. The largest absolute Gasteiger partial charge is 0.491 e. The Bertz CT molecular complexity index is 305. The molecule has 0 heterocycles. The second kappa shape index (κ2) is 6.58. The van der Waals surface area contributed by atoms with Gasteiger partial charge in [-0.05, 0) is 24.6 Å². The molecule has 0 bridgehead atoms. The van der Waals surface area contributed by atoms with Crippen LogP contribution in [0.2, 0.25) is 0 Å². The molecule has 3 nitrogen and oxygen atoms in total. The Morgan fingerprint density at radius 1 is 1.47 bits per heavy atom. The molecule has 15 heavy (non-hydrogen) atoms. The molecule has 0 radical (unpaired) electrons. The lowest BCUT2D eigenvalue weighted by Crippen LogP contribution is -1.99. The first kappa shape index (κ1) is 12.2. The summed E-state index contributed by atoms with van der Waals surface area (Å²) in [5.74, 6) is 1.43. The zero-order chi connectivity index (χ0) is 11.1. The van der Waals surface area contributed by atoms with Gasteiger partial charge in [0, 0.05) is 10.6 Å². The summed E-state index contributed by atoms with van der Waals surface area (Å²) < 4.78 is 5.51. The number of aliphatic hydroxyl groups excluding tert-OH is 1. The van der Waals surface area contributed by atoms with Gasteiger partial charge in [0.15, 0.2) is 0 Å². The van der Waals surface area contributed by atoms with Crippen LogP contribution in [0.15, 0.2) is 23.1 Å². The van der Waals surface area contributed by atoms with Crippen LogP contribution in [0, 0.1) is 0 Å². The Morgan fingerprint density at radius 3 is 2.93 bits per heavy atom. The van der Waals surface area contributed by atoms with Crippen molar-refractivity contribution in [3.8, 4) is 5.75 Å². The molecule has 1 aromatic carbocycles. The molecule has 0 atom stereocenters. The summed E-state index contributed by atoms with van der Waals surface area (Å²) in [4.78, 5) is 1.07. The van der Waals surface area contributed by atoms with E-state index in [1.165, 1.54) is 0 Å². The molecule has 0 spiro atoms. The summed E-state index contributed by atoms with van der Waals surface area (Å²) in [7, 11) is 0. The van der Waals surface area contributed by atoms with Crippen LogP contribution in [0.25, 0.3) is 0 Å². The van der Waals surface area contributed by atoms with Gasteiger partial charge in [-0.3, -0.25) is 0 Å². The van der Waals surface area contributed by atoms with E-state index in [1.807, 2.05) is 18.2 Å². The topological polar surface area (TPSA) is 55.5 Å². The number of ether oxygens (including phenoxy) is 1. The first-order valence-corrected chi connectivity index (χ1v) is 6.02. The van der Waals surface area contributed by atoms with Crippen molar-refractivity contribution in [2.75, 3.05) is 24.7 Å². The third-order valence-corrected chi connectivity index (χ3v) is 2.78. The van der Waals surface area contributed by atoms with Gasteiger partial charge in [0.05, 0.1) is 18.9 Å². The molecule has 0 aromatic heterocycles. The first-order chi connectivity index (χ1) is 7.27. The molecule has 3 N–H and O–H groups in total. The first-order valence-electron chi connectivity index (χ1n) is 5.04. The van der Waals surface area contributed by atoms with Crippen LogP contribution in [-0.4, -0.2) is 24.1 Å². The monoisotopic (exact) mass is 227 g/mol. The lowest BCUT2D eigenvalue weighted by atomic mass is 10.3. The zero-order valence-corrected chi connectivity index (χ0v) is 9.72. The highest BCUT2D eigenvalue weighted by Crippen LogP contribution is 2.28. The number of nitrogen functional groups attached to an aromatic ring is 1. The molecule has 0 unspecified atom stereocenters. The molecule has 1 rings (SSSR count). The number of rotatable bonds is 6. The molecule has 0 amide bonds. The Balaban J connectivity index is 2.66. The Morgan fingerprint density at radius 2 is 2.27 bits per heavy atom. The minimum Gasteiger partial charge on any atom is -0.491 e. The molecule has 1 aromatic rings. The molecule has 84 valence electrons. The van der Waals surface area contributed by atoms with Gasteiger partial charge in [-0.2, -0.15) is 0 Å². The summed E-state index contributed by atoms with van der Waals surface area (Å²) in [6, 6.07) is 5.70. The van der Waals surface area contributed by atoms with Gasteiger partial charge in [0.25, 0.3) is 0 Å². The van der Waals surface area contributed by atoms with Gasteiger partial charge in [-0.1, -0.05) is 6.92 Å². The predicted octanol–water partition coefficient (Wildman–Crippen LogP) is 2.14. The minimum atomic E-state index is 0.181. The maximum absolute atomic E-state index is 8.72. The normalized spacial score (nSPS) is 10.3. The second-order valence-electron chi connectivity index (χ2n) is 3.12. The summed E-state index contributed by atoms with van der Waals surface area (Å²) in [6.45, 7) is 2.92. The number of thioether (sulfide) groups is 1. The van der Waals surface area contributed by atoms with Gasteiger partial charge in [0.1, 0.15) is 5.75 Å². The molecule has 0 aliphatic heterocycles. The Kier molecular flexibility index (Phi) is 5.36. The molecule has 0 saturated heterocycles. The van der Waals surface area contributed by atoms with Gasteiger partial charge in [0.2, 0.25) is 0 Å². The van der Waals surface area contributed by atoms with Crippen LogP contribution in [0.3, 0.4) is 0 Å². The number of nitrogens with two attached hydrogens (primary N) is 1. The Hall–Kier alpha value is -0.870. The highest BCUT2D eigenvalue weighted by Gasteiger charge is 2.02. The van der Waals surface area contributed by atoms with Crippen molar-refractivity contribution in [1.82, 2.24) is 0 Å². The van der Waals surface area contributed by atoms with E-state index in [9.17, 15) is 0 Å². The fourth-order valence-electron chi connectivity index (χ4n) is 1.10. The van der Waals surface area contributed by atoms with Gasteiger partial charge in [-0.25, -0.2) is 0 Å². The lowest BCUT2D eigenvalue weighted by Gasteiger charge is -2.09. The summed E-state index contributed by atoms with van der Waals surface area (Å²) in [5, 5.41) is 8.72. The van der Waals surface area contributed by atoms with Crippen molar-refractivity contribution in [1.29, 1.82) is 0 Å².